The lowest BCUT2D eigenvalue weighted by molar-refractivity contribution is -0.0178. The van der Waals surface area contributed by atoms with Gasteiger partial charge in [-0.2, -0.15) is 0 Å². The molecule has 0 bridgehead atoms. The van der Waals surface area contributed by atoms with Crippen LogP contribution in [0.15, 0.2) is 12.1 Å². The molecule has 1 aromatic carbocycles. The molecular weight excluding hydrogens is 266 g/mol. The molecule has 1 N–H and O–H groups in total. The van der Waals surface area contributed by atoms with E-state index < -0.39 is 5.60 Å². The van der Waals surface area contributed by atoms with Crippen LogP contribution in [0.3, 0.4) is 0 Å². The number of benzene rings is 1. The van der Waals surface area contributed by atoms with Crippen LogP contribution in [0.2, 0.25) is 0 Å². The van der Waals surface area contributed by atoms with E-state index in [2.05, 4.69) is 0 Å². The van der Waals surface area contributed by atoms with Gasteiger partial charge in [-0.05, 0) is 37.8 Å². The summed E-state index contributed by atoms with van der Waals surface area (Å²) < 4.78 is 0. The van der Waals surface area contributed by atoms with E-state index in [1.54, 1.807) is 0 Å². The third-order valence-corrected chi connectivity index (χ3v) is 4.78. The summed E-state index contributed by atoms with van der Waals surface area (Å²) in [6, 6.07) is 3.75. The smallest absolute Gasteiger partial charge is 0.261 e. The lowest BCUT2D eigenvalue weighted by atomic mass is 9.84. The molecule has 0 aromatic heterocycles. The first-order chi connectivity index (χ1) is 9.93. The van der Waals surface area contributed by atoms with Crippen molar-refractivity contribution < 1.29 is 14.7 Å². The zero-order valence-corrected chi connectivity index (χ0v) is 12.6. The Morgan fingerprint density at radius 3 is 1.95 bits per heavy atom. The monoisotopic (exact) mass is 287 g/mol. The Morgan fingerprint density at radius 1 is 1.00 bits per heavy atom. The number of carbonyl (C=O) groups is 2. The van der Waals surface area contributed by atoms with E-state index >= 15 is 0 Å². The number of rotatable bonds is 2. The van der Waals surface area contributed by atoms with E-state index in [0.717, 1.165) is 30.4 Å². The van der Waals surface area contributed by atoms with Crippen molar-refractivity contribution in [3.05, 3.63) is 34.4 Å². The lowest BCUT2D eigenvalue weighted by Crippen LogP contribution is -2.46. The highest BCUT2D eigenvalue weighted by Crippen LogP contribution is 2.33. The summed E-state index contributed by atoms with van der Waals surface area (Å²) in [7, 11) is 0. The second-order valence-electron chi connectivity index (χ2n) is 6.43. The van der Waals surface area contributed by atoms with Crippen LogP contribution in [0.1, 0.15) is 63.9 Å². The number of aliphatic hydroxyl groups is 1. The van der Waals surface area contributed by atoms with Crippen LogP contribution >= 0.6 is 0 Å². The van der Waals surface area contributed by atoms with Crippen LogP contribution in [-0.4, -0.2) is 34.0 Å². The average molecular weight is 287 g/mol. The number of hydrogen-bond acceptors (Lipinski definition) is 3. The molecule has 1 aliphatic carbocycles. The van der Waals surface area contributed by atoms with Gasteiger partial charge in [0.1, 0.15) is 0 Å². The fourth-order valence-corrected chi connectivity index (χ4v) is 3.53. The minimum absolute atomic E-state index is 0.123. The van der Waals surface area contributed by atoms with Crippen molar-refractivity contribution in [2.24, 2.45) is 0 Å². The molecule has 0 unspecified atom stereocenters. The van der Waals surface area contributed by atoms with Crippen molar-refractivity contribution in [1.29, 1.82) is 0 Å². The van der Waals surface area contributed by atoms with Gasteiger partial charge in [0.2, 0.25) is 0 Å². The summed E-state index contributed by atoms with van der Waals surface area (Å²) >= 11 is 0. The molecular formula is C17H21NO3. The Bertz CT molecular complexity index is 574. The summed E-state index contributed by atoms with van der Waals surface area (Å²) in [6.45, 7) is 3.82. The molecule has 1 heterocycles. The third-order valence-electron chi connectivity index (χ3n) is 4.78. The maximum Gasteiger partial charge on any atom is 0.261 e. The molecule has 4 nitrogen and oxygen atoms in total. The van der Waals surface area contributed by atoms with Gasteiger partial charge < -0.3 is 5.11 Å². The molecule has 0 spiro atoms. The maximum atomic E-state index is 12.6. The van der Waals surface area contributed by atoms with Gasteiger partial charge >= 0.3 is 0 Å². The number of amides is 2. The van der Waals surface area contributed by atoms with Gasteiger partial charge in [-0.25, -0.2) is 0 Å². The van der Waals surface area contributed by atoms with E-state index in [4.69, 9.17) is 0 Å². The molecule has 3 rings (SSSR count). The van der Waals surface area contributed by atoms with E-state index in [9.17, 15) is 14.7 Å². The number of carbonyl (C=O) groups excluding carboxylic acids is 2. The summed E-state index contributed by atoms with van der Waals surface area (Å²) in [5, 5.41) is 10.6. The first kappa shape index (κ1) is 14.3. The zero-order chi connectivity index (χ0) is 15.2. The Balaban J connectivity index is 1.93. The van der Waals surface area contributed by atoms with E-state index in [1.807, 2.05) is 26.0 Å². The van der Waals surface area contributed by atoms with Gasteiger partial charge in [0, 0.05) is 0 Å². The van der Waals surface area contributed by atoms with Gasteiger partial charge in [0.05, 0.1) is 23.3 Å². The van der Waals surface area contributed by atoms with Crippen LogP contribution in [0.25, 0.3) is 0 Å². The minimum atomic E-state index is -0.909. The van der Waals surface area contributed by atoms with Crippen molar-refractivity contribution >= 4 is 11.8 Å². The summed E-state index contributed by atoms with van der Waals surface area (Å²) in [6.07, 6.45) is 4.36. The van der Waals surface area contributed by atoms with Crippen LogP contribution in [-0.2, 0) is 0 Å². The largest absolute Gasteiger partial charge is 0.388 e. The van der Waals surface area contributed by atoms with Crippen LogP contribution in [0.5, 0.6) is 0 Å². The molecule has 0 radical (unpaired) electrons. The Labute approximate surface area is 124 Å². The van der Waals surface area contributed by atoms with E-state index in [1.165, 1.54) is 4.90 Å². The highest BCUT2D eigenvalue weighted by atomic mass is 16.3. The summed E-state index contributed by atoms with van der Waals surface area (Å²) in [5.74, 6) is -0.509. The van der Waals surface area contributed by atoms with Crippen molar-refractivity contribution in [3.63, 3.8) is 0 Å². The molecule has 21 heavy (non-hydrogen) atoms. The van der Waals surface area contributed by atoms with Crippen molar-refractivity contribution in [1.82, 2.24) is 4.90 Å². The average Bonchev–Trinajstić information content (AvgIpc) is 2.69. The summed E-state index contributed by atoms with van der Waals surface area (Å²) in [5.41, 5.74) is 1.77. The van der Waals surface area contributed by atoms with Crippen LogP contribution < -0.4 is 0 Å². The van der Waals surface area contributed by atoms with Gasteiger partial charge in [0.15, 0.2) is 0 Å². The second kappa shape index (κ2) is 4.95. The van der Waals surface area contributed by atoms with Crippen molar-refractivity contribution in [2.75, 3.05) is 6.54 Å². The number of aryl methyl sites for hydroxylation is 2. The Hall–Kier alpha value is -1.68. The fraction of sp³-hybridized carbons (Fsp3) is 0.529. The van der Waals surface area contributed by atoms with Gasteiger partial charge in [-0.15, -0.1) is 0 Å². The quantitative estimate of drug-likeness (QED) is 0.851. The molecule has 1 fully saturated rings. The number of β-amino-alcohol motifs (C(OH)–C–C–N with tert-alkyl or cyclic N) is 1. The fourth-order valence-electron chi connectivity index (χ4n) is 3.53. The maximum absolute atomic E-state index is 12.6. The topological polar surface area (TPSA) is 57.6 Å². The van der Waals surface area contributed by atoms with E-state index in [-0.39, 0.29) is 18.4 Å². The molecule has 1 aromatic rings. The van der Waals surface area contributed by atoms with Crippen molar-refractivity contribution in [2.45, 2.75) is 51.6 Å². The molecule has 2 aliphatic rings. The number of imide groups is 1. The number of hydrogen-bond donors (Lipinski definition) is 1. The molecule has 0 atom stereocenters. The highest BCUT2D eigenvalue weighted by molar-refractivity contribution is 6.22. The molecule has 2 amide bonds. The molecule has 0 saturated heterocycles. The van der Waals surface area contributed by atoms with Crippen LogP contribution in [0, 0.1) is 13.8 Å². The number of nitrogens with zero attached hydrogens (tertiary/aromatic N) is 1. The molecule has 4 heteroatoms. The molecule has 112 valence electrons. The Kier molecular flexibility index (Phi) is 3.36. The number of fused-ring (bicyclic) bond motifs is 1. The molecule has 1 saturated carbocycles. The first-order valence-corrected chi connectivity index (χ1v) is 7.62. The van der Waals surface area contributed by atoms with E-state index in [0.29, 0.717) is 24.0 Å². The standard InChI is InChI=1S/C17H21NO3/c1-11-6-7-12(2)14-13(11)15(19)18(16(14)20)10-17(21)8-4-3-5-9-17/h6-7,21H,3-5,8-10H2,1-2H3. The van der Waals surface area contributed by atoms with Crippen LogP contribution in [0.4, 0.5) is 0 Å². The van der Waals surface area contributed by atoms with Gasteiger partial charge in [0.25, 0.3) is 11.8 Å². The van der Waals surface area contributed by atoms with Gasteiger partial charge in [-0.1, -0.05) is 31.4 Å². The summed E-state index contributed by atoms with van der Waals surface area (Å²) in [4.78, 5) is 26.4. The highest BCUT2D eigenvalue weighted by Gasteiger charge is 2.42. The lowest BCUT2D eigenvalue weighted by Gasteiger charge is -2.34. The predicted octanol–water partition coefficient (Wildman–Crippen LogP) is 2.59. The second-order valence-corrected chi connectivity index (χ2v) is 6.43. The SMILES string of the molecule is Cc1ccc(C)c2c1C(=O)N(CC1(O)CCCCC1)C2=O. The molecule has 1 aliphatic heterocycles. The van der Waals surface area contributed by atoms with Crippen molar-refractivity contribution in [3.8, 4) is 0 Å². The third kappa shape index (κ3) is 2.27. The Morgan fingerprint density at radius 2 is 1.48 bits per heavy atom. The normalized spacial score (nSPS) is 20.8. The predicted molar refractivity (Wildman–Crippen MR) is 79.3 cm³/mol. The zero-order valence-electron chi connectivity index (χ0n) is 12.6. The van der Waals surface area contributed by atoms with Gasteiger partial charge in [-0.3, -0.25) is 14.5 Å². The first-order valence-electron chi connectivity index (χ1n) is 7.62. The minimum Gasteiger partial charge on any atom is -0.388 e.